The van der Waals surface area contributed by atoms with E-state index in [1.807, 2.05) is 0 Å². The van der Waals surface area contributed by atoms with Gasteiger partial charge in [-0.1, -0.05) is 11.8 Å². The first-order valence-electron chi connectivity index (χ1n) is 10.3. The summed E-state index contributed by atoms with van der Waals surface area (Å²) in [5, 5.41) is 13.2. The van der Waals surface area contributed by atoms with Crippen LogP contribution in [0.2, 0.25) is 0 Å². The minimum absolute atomic E-state index is 0.0216. The third-order valence-electron chi connectivity index (χ3n) is 5.17. The standard InChI is InChI=1S/C18H28FN6O7PS/c1-10(26)34-7-6-30-33(29,24(4)5)31-8-11-13(27)18(2,19)16(32-11)25-9-21-12-14(25)22-17(20-3)23-15(12)28/h9,11,13,16,27H,6-8H2,1-5H3,(H2,20,22,23,28)/t11-,13?,16-,18+,33?/m1/s1. The molecule has 2 unspecified atom stereocenters. The number of fused-ring (bicyclic) bond motifs is 1. The van der Waals surface area contributed by atoms with Gasteiger partial charge >= 0.3 is 7.75 Å². The normalized spacial score (nSPS) is 26.8. The summed E-state index contributed by atoms with van der Waals surface area (Å²) >= 11 is 1.01. The van der Waals surface area contributed by atoms with Crippen LogP contribution in [-0.2, 0) is 23.1 Å². The van der Waals surface area contributed by atoms with Crippen LogP contribution in [0.1, 0.15) is 20.1 Å². The van der Waals surface area contributed by atoms with Crippen LogP contribution in [0.5, 0.6) is 0 Å². The lowest BCUT2D eigenvalue weighted by Gasteiger charge is -2.26. The van der Waals surface area contributed by atoms with Crippen LogP contribution in [0.4, 0.5) is 10.3 Å². The van der Waals surface area contributed by atoms with Crippen LogP contribution in [0, 0.1) is 0 Å². The van der Waals surface area contributed by atoms with Crippen molar-refractivity contribution in [2.24, 2.45) is 0 Å². The van der Waals surface area contributed by atoms with Crippen LogP contribution >= 0.6 is 19.5 Å². The molecule has 1 aliphatic heterocycles. The second-order valence-corrected chi connectivity index (χ2v) is 11.4. The lowest BCUT2D eigenvalue weighted by Crippen LogP contribution is -2.40. The molecule has 2 aromatic rings. The number of alkyl halides is 1. The molecule has 0 spiro atoms. The molecule has 0 aromatic carbocycles. The molecule has 190 valence electrons. The summed E-state index contributed by atoms with van der Waals surface area (Å²) in [5.74, 6) is 0.420. The summed E-state index contributed by atoms with van der Waals surface area (Å²) < 4.78 is 47.7. The number of nitrogens with zero attached hydrogens (tertiary/aromatic N) is 4. The maximum atomic E-state index is 15.6. The number of rotatable bonds is 10. The van der Waals surface area contributed by atoms with Gasteiger partial charge in [0.1, 0.15) is 12.2 Å². The molecule has 16 heteroatoms. The number of hydrogen-bond donors (Lipinski definition) is 3. The number of nitrogens with one attached hydrogen (secondary N) is 2. The average Bonchev–Trinajstić information content (AvgIpc) is 3.28. The molecule has 3 rings (SSSR count). The summed E-state index contributed by atoms with van der Waals surface area (Å²) in [7, 11) is 0.713. The smallest absolute Gasteiger partial charge is 0.387 e. The number of H-pyrrole nitrogens is 1. The Morgan fingerprint density at radius 2 is 2.21 bits per heavy atom. The summed E-state index contributed by atoms with van der Waals surface area (Å²) in [6.07, 6.45) is -3.08. The van der Waals surface area contributed by atoms with Crippen LogP contribution in [0.3, 0.4) is 0 Å². The monoisotopic (exact) mass is 522 g/mol. The van der Waals surface area contributed by atoms with E-state index in [4.69, 9.17) is 13.8 Å². The SMILES string of the molecule is CNc1nc2c(ncn2[C@@H]2O[C@H](COP(=O)(OCCSC(C)=O)N(C)C)C(O)[C@]2(C)F)c(=O)[nH]1. The van der Waals surface area contributed by atoms with Gasteiger partial charge in [0.15, 0.2) is 28.2 Å². The molecule has 13 nitrogen and oxygen atoms in total. The Morgan fingerprint density at radius 3 is 2.82 bits per heavy atom. The first kappa shape index (κ1) is 26.7. The highest BCUT2D eigenvalue weighted by molar-refractivity contribution is 8.13. The summed E-state index contributed by atoms with van der Waals surface area (Å²) in [5.41, 5.74) is -2.83. The summed E-state index contributed by atoms with van der Waals surface area (Å²) in [4.78, 5) is 34.0. The largest absolute Gasteiger partial charge is 0.407 e. The molecule has 1 saturated heterocycles. The van der Waals surface area contributed by atoms with E-state index in [0.29, 0.717) is 0 Å². The number of imidazole rings is 1. The highest BCUT2D eigenvalue weighted by Gasteiger charge is 2.56. The Bertz CT molecular complexity index is 1140. The summed E-state index contributed by atoms with van der Waals surface area (Å²) in [6, 6.07) is 0. The van der Waals surface area contributed by atoms with Crippen molar-refractivity contribution in [3.63, 3.8) is 0 Å². The first-order chi connectivity index (χ1) is 15.9. The predicted octanol–water partition coefficient (Wildman–Crippen LogP) is 1.13. The zero-order valence-electron chi connectivity index (χ0n) is 19.3. The van der Waals surface area contributed by atoms with Gasteiger partial charge in [-0.2, -0.15) is 4.98 Å². The third-order valence-corrected chi connectivity index (χ3v) is 7.92. The van der Waals surface area contributed by atoms with Crippen molar-refractivity contribution in [3.8, 4) is 0 Å². The summed E-state index contributed by atoms with van der Waals surface area (Å²) in [6.45, 7) is 2.08. The Kier molecular flexibility index (Phi) is 8.18. The quantitative estimate of drug-likeness (QED) is 0.302. The molecule has 0 bridgehead atoms. The van der Waals surface area contributed by atoms with Crippen LogP contribution in [0.15, 0.2) is 11.1 Å². The number of anilines is 1. The Balaban J connectivity index is 1.78. The van der Waals surface area contributed by atoms with Gasteiger partial charge < -0.3 is 15.2 Å². The van der Waals surface area contributed by atoms with E-state index in [-0.39, 0.29) is 34.6 Å². The van der Waals surface area contributed by atoms with Crippen molar-refractivity contribution >= 4 is 41.7 Å². The van der Waals surface area contributed by atoms with Crippen molar-refractivity contribution in [3.05, 3.63) is 16.7 Å². The van der Waals surface area contributed by atoms with Gasteiger partial charge in [0.25, 0.3) is 5.56 Å². The van der Waals surface area contributed by atoms with E-state index in [0.717, 1.165) is 18.7 Å². The van der Waals surface area contributed by atoms with Gasteiger partial charge in [0.2, 0.25) is 5.95 Å². The van der Waals surface area contributed by atoms with E-state index >= 15 is 4.39 Å². The highest BCUT2D eigenvalue weighted by atomic mass is 32.2. The second-order valence-electron chi connectivity index (χ2n) is 7.90. The predicted molar refractivity (Wildman–Crippen MR) is 123 cm³/mol. The van der Waals surface area contributed by atoms with Crippen LogP contribution in [-0.4, -0.2) is 92.4 Å². The molecule has 0 radical (unpaired) electrons. The second kappa shape index (κ2) is 10.4. The number of halogens is 1. The van der Waals surface area contributed by atoms with Gasteiger partial charge in [-0.15, -0.1) is 0 Å². The van der Waals surface area contributed by atoms with Crippen molar-refractivity contribution < 1.29 is 32.6 Å². The maximum absolute atomic E-state index is 15.6. The molecule has 5 atom stereocenters. The molecular weight excluding hydrogens is 494 g/mol. The highest BCUT2D eigenvalue weighted by Crippen LogP contribution is 2.51. The van der Waals surface area contributed by atoms with Crippen molar-refractivity contribution in [2.45, 2.75) is 38.0 Å². The van der Waals surface area contributed by atoms with Crippen LogP contribution < -0.4 is 10.9 Å². The fourth-order valence-electron chi connectivity index (χ4n) is 3.34. The van der Waals surface area contributed by atoms with E-state index in [2.05, 4.69) is 20.3 Å². The van der Waals surface area contributed by atoms with E-state index in [1.54, 1.807) is 7.05 Å². The van der Waals surface area contributed by atoms with Gasteiger partial charge in [0, 0.05) is 19.7 Å². The molecule has 0 aliphatic carbocycles. The van der Waals surface area contributed by atoms with Gasteiger partial charge in [-0.25, -0.2) is 18.6 Å². The molecule has 1 fully saturated rings. The molecule has 3 N–H and O–H groups in total. The van der Waals surface area contributed by atoms with Gasteiger partial charge in [-0.3, -0.25) is 28.2 Å². The Hall–Kier alpha value is -1.87. The van der Waals surface area contributed by atoms with Crippen LogP contribution in [0.25, 0.3) is 11.2 Å². The minimum atomic E-state index is -3.80. The molecule has 0 amide bonds. The number of aliphatic hydroxyl groups is 1. The number of carbonyl (C=O) groups is 1. The Morgan fingerprint density at radius 1 is 1.50 bits per heavy atom. The molecule has 34 heavy (non-hydrogen) atoms. The molecule has 3 heterocycles. The zero-order chi connectivity index (χ0) is 25.3. The maximum Gasteiger partial charge on any atom is 0.407 e. The van der Waals surface area contributed by atoms with Crippen molar-refractivity contribution in [1.29, 1.82) is 0 Å². The van der Waals surface area contributed by atoms with Crippen molar-refractivity contribution in [2.75, 3.05) is 45.4 Å². The number of ether oxygens (including phenoxy) is 1. The Labute approximate surface area is 199 Å². The van der Waals surface area contributed by atoms with E-state index < -0.39 is 44.0 Å². The molecule has 2 aromatic heterocycles. The average molecular weight is 522 g/mol. The fourth-order valence-corrected chi connectivity index (χ4v) is 5.11. The number of thioether (sulfide) groups is 1. The minimum Gasteiger partial charge on any atom is -0.387 e. The van der Waals surface area contributed by atoms with Gasteiger partial charge in [0.05, 0.1) is 19.5 Å². The zero-order valence-corrected chi connectivity index (χ0v) is 21.1. The first-order valence-corrected chi connectivity index (χ1v) is 12.8. The molecule has 0 saturated carbocycles. The lowest BCUT2D eigenvalue weighted by atomic mass is 9.98. The van der Waals surface area contributed by atoms with Gasteiger partial charge in [-0.05, 0) is 21.0 Å². The number of aromatic nitrogens is 4. The van der Waals surface area contributed by atoms with E-state index in [9.17, 15) is 19.3 Å². The number of aromatic amines is 1. The number of carbonyl (C=O) groups excluding carboxylic acids is 1. The number of hydrogen-bond acceptors (Lipinski definition) is 11. The topological polar surface area (TPSA) is 161 Å². The lowest BCUT2D eigenvalue weighted by molar-refractivity contribution is -0.109. The molecule has 1 aliphatic rings. The van der Waals surface area contributed by atoms with Crippen molar-refractivity contribution in [1.82, 2.24) is 24.2 Å². The fraction of sp³-hybridized carbons (Fsp3) is 0.667. The van der Waals surface area contributed by atoms with E-state index in [1.165, 1.54) is 36.6 Å². The number of aliphatic hydroxyl groups excluding tert-OH is 1. The molecular formula is C18H28FN6O7PS. The third kappa shape index (κ3) is 5.35.